The van der Waals surface area contributed by atoms with Crippen molar-refractivity contribution in [3.63, 3.8) is 0 Å². The largest absolute Gasteiger partial charge is 0.493 e. The summed E-state index contributed by atoms with van der Waals surface area (Å²) in [4.78, 5) is 18.6. The van der Waals surface area contributed by atoms with E-state index >= 15 is 0 Å². The fraction of sp³-hybridized carbons (Fsp3) is 0.636. The molecular weight excluding hydrogens is 373 g/mol. The molecule has 3 fully saturated rings. The number of guanidine groups is 1. The summed E-state index contributed by atoms with van der Waals surface area (Å²) in [5.74, 6) is 0.173. The second-order valence-electron chi connectivity index (χ2n) is 8.50. The minimum Gasteiger partial charge on any atom is -0.493 e. The van der Waals surface area contributed by atoms with Crippen molar-refractivity contribution in [2.75, 3.05) is 26.9 Å². The maximum Gasteiger partial charge on any atom is 0.235 e. The summed E-state index contributed by atoms with van der Waals surface area (Å²) in [6.45, 7) is 1.20. The second kappa shape index (κ2) is 8.30. The van der Waals surface area contributed by atoms with Gasteiger partial charge in [-0.1, -0.05) is 25.7 Å². The molecule has 2 atom stereocenters. The molecule has 1 aromatic carbocycles. The van der Waals surface area contributed by atoms with Crippen LogP contribution in [0.3, 0.4) is 0 Å². The molecule has 7 heteroatoms. The molecule has 5 rings (SSSR count). The van der Waals surface area contributed by atoms with E-state index in [9.17, 15) is 9.18 Å². The smallest absolute Gasteiger partial charge is 0.235 e. The van der Waals surface area contributed by atoms with Crippen molar-refractivity contribution in [2.45, 2.75) is 50.5 Å². The van der Waals surface area contributed by atoms with Crippen molar-refractivity contribution in [3.05, 3.63) is 29.6 Å². The lowest BCUT2D eigenvalue weighted by atomic mass is 9.74. The molecular formula is C22H30FN3O3. The third-order valence-corrected chi connectivity index (χ3v) is 6.20. The number of halogens is 1. The highest BCUT2D eigenvalue weighted by Gasteiger charge is 2.52. The zero-order valence-corrected chi connectivity index (χ0v) is 17.0. The fourth-order valence-corrected chi connectivity index (χ4v) is 3.96. The van der Waals surface area contributed by atoms with Gasteiger partial charge in [0.25, 0.3) is 0 Å². The maximum absolute atomic E-state index is 14.8. The van der Waals surface area contributed by atoms with Gasteiger partial charge < -0.3 is 15.2 Å². The van der Waals surface area contributed by atoms with Crippen LogP contribution in [0.4, 0.5) is 4.39 Å². The summed E-state index contributed by atoms with van der Waals surface area (Å²) in [6, 6.07) is 4.65. The second-order valence-corrected chi connectivity index (χ2v) is 8.50. The molecule has 2 saturated carbocycles. The lowest BCUT2D eigenvalue weighted by molar-refractivity contribution is -0.140. The van der Waals surface area contributed by atoms with E-state index in [4.69, 9.17) is 15.2 Å². The van der Waals surface area contributed by atoms with Crippen molar-refractivity contribution in [1.29, 1.82) is 0 Å². The van der Waals surface area contributed by atoms with Crippen LogP contribution in [0.25, 0.3) is 0 Å². The van der Waals surface area contributed by atoms with E-state index in [0.717, 1.165) is 0 Å². The van der Waals surface area contributed by atoms with Crippen LogP contribution in [0.15, 0.2) is 23.2 Å². The first-order chi connectivity index (χ1) is 14.0. The number of nitrogens with two attached hydrogens (primary N) is 1. The number of amides is 1. The summed E-state index contributed by atoms with van der Waals surface area (Å²) >= 11 is 0. The Bertz CT molecular complexity index is 791. The number of carbonyl (C=O) groups is 1. The number of nitrogens with zero attached hydrogens (tertiary/aromatic N) is 2. The quantitative estimate of drug-likeness (QED) is 0.838. The number of aliphatic imine (C=N–C) groups is 1. The average Bonchev–Trinajstić information content (AvgIpc) is 3.55. The SMILES string of the molecule is C1CC1.CN1C(=O)C2CCOCC2(c2cc(OCC3CCC3)ccc2F)N=C1N. The predicted molar refractivity (Wildman–Crippen MR) is 108 cm³/mol. The maximum atomic E-state index is 14.8. The molecule has 29 heavy (non-hydrogen) atoms. The summed E-state index contributed by atoms with van der Waals surface area (Å²) in [7, 11) is 1.59. The first kappa shape index (κ1) is 20.1. The number of ether oxygens (including phenoxy) is 2. The zero-order chi connectivity index (χ0) is 20.4. The highest BCUT2D eigenvalue weighted by molar-refractivity contribution is 6.00. The van der Waals surface area contributed by atoms with Crippen LogP contribution in [-0.4, -0.2) is 43.6 Å². The Labute approximate surface area is 171 Å². The molecule has 158 valence electrons. The van der Waals surface area contributed by atoms with Crippen LogP contribution >= 0.6 is 0 Å². The molecule has 6 nitrogen and oxygen atoms in total. The number of carbonyl (C=O) groups excluding carboxylic acids is 1. The van der Waals surface area contributed by atoms with Gasteiger partial charge in [-0.3, -0.25) is 9.69 Å². The molecule has 0 aromatic heterocycles. The van der Waals surface area contributed by atoms with E-state index in [1.165, 1.54) is 49.5 Å². The van der Waals surface area contributed by atoms with Gasteiger partial charge in [-0.2, -0.15) is 0 Å². The molecule has 2 unspecified atom stereocenters. The summed E-state index contributed by atoms with van der Waals surface area (Å²) in [5, 5.41) is 0. The van der Waals surface area contributed by atoms with Gasteiger partial charge in [0.1, 0.15) is 17.1 Å². The summed E-state index contributed by atoms with van der Waals surface area (Å²) in [5.41, 5.74) is 5.14. The first-order valence-electron chi connectivity index (χ1n) is 10.6. The molecule has 1 amide bonds. The van der Waals surface area contributed by atoms with Crippen LogP contribution in [0.1, 0.15) is 50.5 Å². The first-order valence-corrected chi connectivity index (χ1v) is 10.6. The molecule has 2 heterocycles. The molecule has 0 radical (unpaired) electrons. The molecule has 2 aliphatic carbocycles. The van der Waals surface area contributed by atoms with Gasteiger partial charge in [0.15, 0.2) is 5.96 Å². The topological polar surface area (TPSA) is 77.2 Å². The van der Waals surface area contributed by atoms with Crippen LogP contribution in [-0.2, 0) is 15.1 Å². The van der Waals surface area contributed by atoms with E-state index < -0.39 is 17.3 Å². The Kier molecular flexibility index (Phi) is 5.76. The van der Waals surface area contributed by atoms with Gasteiger partial charge in [-0.15, -0.1) is 0 Å². The van der Waals surface area contributed by atoms with Crippen molar-refractivity contribution >= 4 is 11.9 Å². The lowest BCUT2D eigenvalue weighted by Crippen LogP contribution is -2.58. The molecule has 1 saturated heterocycles. The van der Waals surface area contributed by atoms with E-state index in [0.29, 0.717) is 36.9 Å². The summed E-state index contributed by atoms with van der Waals surface area (Å²) < 4.78 is 26.3. The summed E-state index contributed by atoms with van der Waals surface area (Å²) in [6.07, 6.45) is 8.58. The monoisotopic (exact) mass is 403 g/mol. The predicted octanol–water partition coefficient (Wildman–Crippen LogP) is 3.19. The fourth-order valence-electron chi connectivity index (χ4n) is 3.96. The van der Waals surface area contributed by atoms with Crippen LogP contribution in [0.5, 0.6) is 5.75 Å². The van der Waals surface area contributed by atoms with Crippen LogP contribution in [0.2, 0.25) is 0 Å². The number of benzene rings is 1. The highest BCUT2D eigenvalue weighted by Crippen LogP contribution is 2.44. The van der Waals surface area contributed by atoms with Crippen molar-refractivity contribution in [3.8, 4) is 5.75 Å². The van der Waals surface area contributed by atoms with E-state index in [1.54, 1.807) is 19.2 Å². The Hall–Kier alpha value is -2.15. The molecule has 2 N–H and O–H groups in total. The van der Waals surface area contributed by atoms with E-state index in [2.05, 4.69) is 4.99 Å². The Morgan fingerprint density at radius 2 is 2.03 bits per heavy atom. The van der Waals surface area contributed by atoms with Gasteiger partial charge in [0, 0.05) is 19.2 Å². The van der Waals surface area contributed by atoms with Gasteiger partial charge in [-0.25, -0.2) is 9.38 Å². The standard InChI is InChI=1S/C19H24FN3O3.C3H6/c1-23-17(24)14-7-8-25-11-19(14,22-18(23)21)15-9-13(5-6-16(15)20)26-10-12-3-2-4-12;1-2-3-1/h5-6,9,12,14H,2-4,7-8,10-11H2,1H3,(H2,21,22);1-3H2. The van der Waals surface area contributed by atoms with Gasteiger partial charge in [-0.05, 0) is 43.4 Å². The van der Waals surface area contributed by atoms with Crippen molar-refractivity contribution in [1.82, 2.24) is 4.90 Å². The van der Waals surface area contributed by atoms with Gasteiger partial charge in [0.2, 0.25) is 5.91 Å². The van der Waals surface area contributed by atoms with E-state index in [1.807, 2.05) is 0 Å². The van der Waals surface area contributed by atoms with Crippen molar-refractivity contribution in [2.24, 2.45) is 22.6 Å². The third-order valence-electron chi connectivity index (χ3n) is 6.20. The number of hydrogen-bond acceptors (Lipinski definition) is 5. The molecule has 2 aliphatic heterocycles. The van der Waals surface area contributed by atoms with Crippen LogP contribution in [0, 0.1) is 17.7 Å². The Morgan fingerprint density at radius 1 is 1.28 bits per heavy atom. The molecule has 1 aromatic rings. The average molecular weight is 403 g/mol. The molecule has 0 spiro atoms. The normalized spacial score (nSPS) is 28.5. The van der Waals surface area contributed by atoms with E-state index in [-0.39, 0.29) is 18.5 Å². The number of rotatable bonds is 4. The zero-order valence-electron chi connectivity index (χ0n) is 17.0. The Balaban J connectivity index is 0.000000626. The molecule has 0 bridgehead atoms. The van der Waals surface area contributed by atoms with Crippen molar-refractivity contribution < 1.29 is 18.7 Å². The minimum atomic E-state index is -1.13. The van der Waals surface area contributed by atoms with Gasteiger partial charge in [0.05, 0.1) is 19.1 Å². The van der Waals surface area contributed by atoms with Gasteiger partial charge >= 0.3 is 0 Å². The van der Waals surface area contributed by atoms with Crippen LogP contribution < -0.4 is 10.5 Å². The minimum absolute atomic E-state index is 0.0805. The molecule has 4 aliphatic rings. The highest BCUT2D eigenvalue weighted by atomic mass is 19.1. The number of hydrogen-bond donors (Lipinski definition) is 1. The Morgan fingerprint density at radius 3 is 2.69 bits per heavy atom. The number of fused-ring (bicyclic) bond motifs is 1. The lowest BCUT2D eigenvalue weighted by Gasteiger charge is -2.45. The third kappa shape index (κ3) is 4.10.